The molecule has 0 saturated heterocycles. The van der Waals surface area contributed by atoms with Crippen molar-refractivity contribution in [3.8, 4) is 0 Å². The Balaban J connectivity index is 2.82. The minimum absolute atomic E-state index is 0.0408. The molecule has 0 aliphatic carbocycles. The van der Waals surface area contributed by atoms with E-state index in [1.807, 2.05) is 0 Å². The van der Waals surface area contributed by atoms with E-state index in [0.717, 1.165) is 0 Å². The lowest BCUT2D eigenvalue weighted by Gasteiger charge is -2.11. The summed E-state index contributed by atoms with van der Waals surface area (Å²) in [6.07, 6.45) is 0.575. The first-order chi connectivity index (χ1) is 8.45. The second-order valence-electron chi connectivity index (χ2n) is 3.97. The summed E-state index contributed by atoms with van der Waals surface area (Å²) in [5, 5.41) is 11.7. The molecule has 1 atom stereocenters. The first-order valence-corrected chi connectivity index (χ1v) is 5.87. The van der Waals surface area contributed by atoms with Crippen LogP contribution in [0, 0.1) is 5.92 Å². The molecule has 0 aliphatic rings. The average Bonchev–Trinajstić information content (AvgIpc) is 2.31. The molecule has 0 aliphatic heterocycles. The van der Waals surface area contributed by atoms with Crippen LogP contribution in [0.3, 0.4) is 0 Å². The number of amides is 1. The molecule has 1 unspecified atom stereocenters. The summed E-state index contributed by atoms with van der Waals surface area (Å²) in [5.74, 6) is -1.55. The summed E-state index contributed by atoms with van der Waals surface area (Å²) >= 11 is 5.73. The Morgan fingerprint density at radius 3 is 2.72 bits per heavy atom. The number of anilines is 1. The predicted octanol–water partition coefficient (Wildman–Crippen LogP) is 1.96. The molecule has 4 N–H and O–H groups in total. The summed E-state index contributed by atoms with van der Waals surface area (Å²) in [6, 6.07) is 4.33. The molecule has 0 radical (unpaired) electrons. The molecule has 6 heteroatoms. The first kappa shape index (κ1) is 14.5. The lowest BCUT2D eigenvalue weighted by atomic mass is 10.1. The van der Waals surface area contributed by atoms with Crippen molar-refractivity contribution >= 4 is 29.2 Å². The van der Waals surface area contributed by atoms with Crippen LogP contribution in [0.2, 0.25) is 5.02 Å². The first-order valence-electron chi connectivity index (χ1n) is 5.49. The van der Waals surface area contributed by atoms with E-state index in [0.29, 0.717) is 18.7 Å². The Bertz CT molecular complexity index is 463. The van der Waals surface area contributed by atoms with E-state index in [9.17, 15) is 9.59 Å². The van der Waals surface area contributed by atoms with Crippen molar-refractivity contribution in [2.24, 2.45) is 11.7 Å². The van der Waals surface area contributed by atoms with E-state index in [1.54, 1.807) is 13.0 Å². The van der Waals surface area contributed by atoms with Crippen molar-refractivity contribution in [1.29, 1.82) is 0 Å². The summed E-state index contributed by atoms with van der Waals surface area (Å²) in [5.41, 5.74) is 5.74. The van der Waals surface area contributed by atoms with Crippen molar-refractivity contribution in [3.63, 3.8) is 0 Å². The van der Waals surface area contributed by atoms with Gasteiger partial charge in [-0.2, -0.15) is 0 Å². The van der Waals surface area contributed by atoms with Crippen molar-refractivity contribution in [3.05, 3.63) is 28.8 Å². The number of nitrogens with two attached hydrogens (primary N) is 1. The molecule has 1 aromatic carbocycles. The molecule has 98 valence electrons. The van der Waals surface area contributed by atoms with E-state index < -0.39 is 5.97 Å². The quantitative estimate of drug-likeness (QED) is 0.762. The zero-order valence-corrected chi connectivity index (χ0v) is 10.7. The van der Waals surface area contributed by atoms with Crippen molar-refractivity contribution in [2.75, 3.05) is 11.9 Å². The summed E-state index contributed by atoms with van der Waals surface area (Å²) in [7, 11) is 0. The van der Waals surface area contributed by atoms with E-state index >= 15 is 0 Å². The van der Waals surface area contributed by atoms with Gasteiger partial charge in [0.05, 0.1) is 10.6 Å². The van der Waals surface area contributed by atoms with E-state index in [4.69, 9.17) is 22.4 Å². The molecular weight excluding hydrogens is 256 g/mol. The minimum Gasteiger partial charge on any atom is -0.478 e. The largest absolute Gasteiger partial charge is 0.478 e. The Kier molecular flexibility index (Phi) is 5.12. The summed E-state index contributed by atoms with van der Waals surface area (Å²) in [6.45, 7) is 2.19. The molecule has 0 saturated carbocycles. The van der Waals surface area contributed by atoms with E-state index in [2.05, 4.69) is 5.32 Å². The standard InChI is InChI=1S/C12H15ClN2O3/c1-7(4-5-14)11(16)15-8-2-3-10(13)9(6-8)12(17)18/h2-3,6-7H,4-5,14H2,1H3,(H,15,16)(H,17,18). The van der Waals surface area contributed by atoms with Gasteiger partial charge in [-0.15, -0.1) is 0 Å². The number of carboxylic acid groups (broad SMARTS) is 1. The third-order valence-electron chi connectivity index (χ3n) is 2.51. The Morgan fingerprint density at radius 2 is 2.17 bits per heavy atom. The van der Waals surface area contributed by atoms with Gasteiger partial charge < -0.3 is 16.2 Å². The van der Waals surface area contributed by atoms with Gasteiger partial charge in [0.2, 0.25) is 5.91 Å². The number of aromatic carboxylic acids is 1. The molecule has 0 fully saturated rings. The highest BCUT2D eigenvalue weighted by atomic mass is 35.5. The van der Waals surface area contributed by atoms with Gasteiger partial charge in [0.15, 0.2) is 0 Å². The van der Waals surface area contributed by atoms with Crippen LogP contribution in [0.25, 0.3) is 0 Å². The highest BCUT2D eigenvalue weighted by Gasteiger charge is 2.14. The number of carbonyl (C=O) groups is 2. The zero-order chi connectivity index (χ0) is 13.7. The average molecular weight is 271 g/mol. The smallest absolute Gasteiger partial charge is 0.337 e. The van der Waals surface area contributed by atoms with Crippen molar-refractivity contribution in [2.45, 2.75) is 13.3 Å². The van der Waals surface area contributed by atoms with Gasteiger partial charge in [0.1, 0.15) is 0 Å². The van der Waals surface area contributed by atoms with Gasteiger partial charge in [-0.05, 0) is 31.2 Å². The van der Waals surface area contributed by atoms with Gasteiger partial charge in [0, 0.05) is 11.6 Å². The number of carboxylic acids is 1. The third-order valence-corrected chi connectivity index (χ3v) is 2.84. The number of benzene rings is 1. The van der Waals surface area contributed by atoms with Crippen molar-refractivity contribution < 1.29 is 14.7 Å². The van der Waals surface area contributed by atoms with Crippen LogP contribution >= 0.6 is 11.6 Å². The Hall–Kier alpha value is -1.59. The van der Waals surface area contributed by atoms with Gasteiger partial charge in [0.25, 0.3) is 0 Å². The molecular formula is C12H15ClN2O3. The molecule has 0 heterocycles. The maximum atomic E-state index is 11.7. The van der Waals surface area contributed by atoms with Crippen LogP contribution in [0.1, 0.15) is 23.7 Å². The van der Waals surface area contributed by atoms with Gasteiger partial charge in [-0.25, -0.2) is 4.79 Å². The van der Waals surface area contributed by atoms with Crippen LogP contribution in [0.15, 0.2) is 18.2 Å². The number of hydrogen-bond acceptors (Lipinski definition) is 3. The maximum absolute atomic E-state index is 11.7. The maximum Gasteiger partial charge on any atom is 0.337 e. The van der Waals surface area contributed by atoms with Crippen LogP contribution in [-0.4, -0.2) is 23.5 Å². The highest BCUT2D eigenvalue weighted by molar-refractivity contribution is 6.33. The van der Waals surface area contributed by atoms with E-state index in [-0.39, 0.29) is 22.4 Å². The topological polar surface area (TPSA) is 92.4 Å². The highest BCUT2D eigenvalue weighted by Crippen LogP contribution is 2.21. The molecule has 18 heavy (non-hydrogen) atoms. The second kappa shape index (κ2) is 6.37. The third kappa shape index (κ3) is 3.72. The number of rotatable bonds is 5. The fourth-order valence-corrected chi connectivity index (χ4v) is 1.61. The number of hydrogen-bond donors (Lipinski definition) is 3. The molecule has 1 rings (SSSR count). The number of halogens is 1. The molecule has 0 spiro atoms. The van der Waals surface area contributed by atoms with Crippen LogP contribution in [-0.2, 0) is 4.79 Å². The minimum atomic E-state index is -1.13. The number of carbonyl (C=O) groups excluding carboxylic acids is 1. The molecule has 0 aromatic heterocycles. The molecule has 1 amide bonds. The lowest BCUT2D eigenvalue weighted by Crippen LogP contribution is -2.22. The molecule has 0 bridgehead atoms. The molecule has 1 aromatic rings. The monoisotopic (exact) mass is 270 g/mol. The normalized spacial score (nSPS) is 11.9. The summed E-state index contributed by atoms with van der Waals surface area (Å²) in [4.78, 5) is 22.6. The Morgan fingerprint density at radius 1 is 1.50 bits per heavy atom. The zero-order valence-electron chi connectivity index (χ0n) is 9.94. The SMILES string of the molecule is CC(CCN)C(=O)Nc1ccc(Cl)c(C(=O)O)c1. The van der Waals surface area contributed by atoms with Crippen molar-refractivity contribution in [1.82, 2.24) is 0 Å². The van der Waals surface area contributed by atoms with Gasteiger partial charge >= 0.3 is 5.97 Å². The fraction of sp³-hybridized carbons (Fsp3) is 0.333. The number of nitrogens with one attached hydrogen (secondary N) is 1. The second-order valence-corrected chi connectivity index (χ2v) is 4.37. The summed E-state index contributed by atoms with van der Waals surface area (Å²) < 4.78 is 0. The lowest BCUT2D eigenvalue weighted by molar-refractivity contribution is -0.119. The Labute approximate surface area is 110 Å². The van der Waals surface area contributed by atoms with Crippen LogP contribution in [0.4, 0.5) is 5.69 Å². The predicted molar refractivity (Wildman–Crippen MR) is 69.9 cm³/mol. The van der Waals surface area contributed by atoms with Crippen LogP contribution < -0.4 is 11.1 Å². The van der Waals surface area contributed by atoms with E-state index in [1.165, 1.54) is 12.1 Å². The van der Waals surface area contributed by atoms with Gasteiger partial charge in [-0.1, -0.05) is 18.5 Å². The molecule has 5 nitrogen and oxygen atoms in total. The van der Waals surface area contributed by atoms with Crippen LogP contribution in [0.5, 0.6) is 0 Å². The van der Waals surface area contributed by atoms with Gasteiger partial charge in [-0.3, -0.25) is 4.79 Å². The fourth-order valence-electron chi connectivity index (χ4n) is 1.41.